The Hall–Kier alpha value is -3.86. The predicted octanol–water partition coefficient (Wildman–Crippen LogP) is 5.03. The Kier molecular flexibility index (Phi) is 7.81. The molecule has 0 unspecified atom stereocenters. The number of halogens is 1. The van der Waals surface area contributed by atoms with Crippen LogP contribution in [0.25, 0.3) is 33.2 Å². The lowest BCUT2D eigenvalue weighted by Crippen LogP contribution is -2.48. The van der Waals surface area contributed by atoms with Crippen molar-refractivity contribution in [2.24, 2.45) is 0 Å². The van der Waals surface area contributed by atoms with E-state index in [1.807, 2.05) is 12.1 Å². The van der Waals surface area contributed by atoms with E-state index >= 15 is 0 Å². The number of aromatic nitrogens is 5. The van der Waals surface area contributed by atoms with Crippen LogP contribution in [0.1, 0.15) is 43.0 Å². The number of nitrogens with one attached hydrogen (secondary N) is 1. The lowest BCUT2D eigenvalue weighted by atomic mass is 9.98. The third kappa shape index (κ3) is 5.62. The lowest BCUT2D eigenvalue weighted by Gasteiger charge is -2.41. The van der Waals surface area contributed by atoms with E-state index in [1.54, 1.807) is 13.2 Å². The second kappa shape index (κ2) is 12.0. The number of nitrogen functional groups attached to an aromatic ring is 1. The summed E-state index contributed by atoms with van der Waals surface area (Å²) in [4.78, 5) is 17.6. The monoisotopic (exact) mass is 582 g/mol. The summed E-state index contributed by atoms with van der Waals surface area (Å²) in [5, 5.41) is 7.00. The van der Waals surface area contributed by atoms with Crippen LogP contribution in [-0.2, 0) is 11.2 Å². The number of methoxy groups -OCH3 is 1. The van der Waals surface area contributed by atoms with Crippen LogP contribution >= 0.6 is 0 Å². The Morgan fingerprint density at radius 1 is 0.977 bits per heavy atom. The standard InChI is InChI=1S/C33H39FN8O/c1-43-17-16-40-12-8-26(9-13-40)41-14-10-27(11-15-41)42-33-30(32(35)36-21-37-33)31(39-42)23-6-7-29-24(18-23)20-25(38-29)19-22-4-2-3-5-28(22)34/h2-7,18,20-21,26-27,38H,8-17,19H2,1H3,(H2,35,36,37). The third-order valence-corrected chi connectivity index (χ3v) is 9.34. The Balaban J connectivity index is 1.11. The van der Waals surface area contributed by atoms with Crippen LogP contribution < -0.4 is 5.73 Å². The Labute approximate surface area is 250 Å². The van der Waals surface area contributed by atoms with Crippen LogP contribution in [0.2, 0.25) is 0 Å². The predicted molar refractivity (Wildman–Crippen MR) is 167 cm³/mol. The molecule has 3 N–H and O–H groups in total. The van der Waals surface area contributed by atoms with Gasteiger partial charge >= 0.3 is 0 Å². The largest absolute Gasteiger partial charge is 0.383 e. The topological polar surface area (TPSA) is 101 Å². The molecular weight excluding hydrogens is 543 g/mol. The molecule has 5 aromatic rings. The van der Waals surface area contributed by atoms with Crippen molar-refractivity contribution in [3.63, 3.8) is 0 Å². The average molecular weight is 583 g/mol. The minimum absolute atomic E-state index is 0.191. The normalized spacial score (nSPS) is 17.8. The van der Waals surface area contributed by atoms with Crippen molar-refractivity contribution in [2.45, 2.75) is 44.2 Å². The first-order chi connectivity index (χ1) is 21.1. The summed E-state index contributed by atoms with van der Waals surface area (Å²) in [6.07, 6.45) is 6.53. The highest BCUT2D eigenvalue weighted by atomic mass is 19.1. The van der Waals surface area contributed by atoms with Crippen molar-refractivity contribution in [3.8, 4) is 11.3 Å². The maximum absolute atomic E-state index is 14.3. The number of rotatable bonds is 8. The molecule has 5 heterocycles. The van der Waals surface area contributed by atoms with Crippen molar-refractivity contribution < 1.29 is 9.13 Å². The first kappa shape index (κ1) is 27.9. The van der Waals surface area contributed by atoms with Crippen LogP contribution in [0.4, 0.5) is 10.2 Å². The summed E-state index contributed by atoms with van der Waals surface area (Å²) in [6, 6.07) is 16.1. The molecule has 0 radical (unpaired) electrons. The number of H-pyrrole nitrogens is 1. The summed E-state index contributed by atoms with van der Waals surface area (Å²) in [5.41, 5.74) is 11.6. The van der Waals surface area contributed by atoms with Crippen molar-refractivity contribution >= 4 is 27.8 Å². The van der Waals surface area contributed by atoms with E-state index in [1.165, 1.54) is 25.2 Å². The molecule has 10 heteroatoms. The molecular formula is C33H39FN8O. The van der Waals surface area contributed by atoms with Crippen molar-refractivity contribution in [3.05, 3.63) is 71.9 Å². The van der Waals surface area contributed by atoms with E-state index in [9.17, 15) is 4.39 Å². The molecule has 0 atom stereocenters. The first-order valence-corrected chi connectivity index (χ1v) is 15.4. The van der Waals surface area contributed by atoms with Gasteiger partial charge in [-0.1, -0.05) is 24.3 Å². The van der Waals surface area contributed by atoms with Gasteiger partial charge in [-0.2, -0.15) is 5.10 Å². The number of likely N-dealkylation sites (tertiary alicyclic amines) is 2. The van der Waals surface area contributed by atoms with Gasteiger partial charge in [0.25, 0.3) is 0 Å². The maximum Gasteiger partial charge on any atom is 0.164 e. The molecule has 43 heavy (non-hydrogen) atoms. The maximum atomic E-state index is 14.3. The number of fused-ring (bicyclic) bond motifs is 2. The Morgan fingerprint density at radius 2 is 1.77 bits per heavy atom. The second-order valence-corrected chi connectivity index (χ2v) is 11.9. The molecule has 2 aliphatic rings. The molecule has 0 bridgehead atoms. The minimum atomic E-state index is -0.191. The molecule has 2 aliphatic heterocycles. The number of nitrogens with zero attached hydrogens (tertiary/aromatic N) is 6. The molecule has 2 fully saturated rings. The van der Waals surface area contributed by atoms with Gasteiger partial charge in [-0.15, -0.1) is 0 Å². The number of ether oxygens (including phenoxy) is 1. The molecule has 0 aliphatic carbocycles. The fourth-order valence-electron chi connectivity index (χ4n) is 6.96. The van der Waals surface area contributed by atoms with Gasteiger partial charge in [-0.3, -0.25) is 0 Å². The highest BCUT2D eigenvalue weighted by Crippen LogP contribution is 2.36. The minimum Gasteiger partial charge on any atom is -0.383 e. The fourth-order valence-corrected chi connectivity index (χ4v) is 6.96. The van der Waals surface area contributed by atoms with E-state index in [2.05, 4.69) is 53.7 Å². The summed E-state index contributed by atoms with van der Waals surface area (Å²) in [6.45, 7) is 6.24. The quantitative estimate of drug-likeness (QED) is 0.265. The zero-order chi connectivity index (χ0) is 29.3. The highest BCUT2D eigenvalue weighted by Gasteiger charge is 2.31. The number of aromatic amines is 1. The lowest BCUT2D eigenvalue weighted by molar-refractivity contribution is 0.0663. The van der Waals surface area contributed by atoms with E-state index in [0.29, 0.717) is 23.8 Å². The van der Waals surface area contributed by atoms with Crippen LogP contribution in [0.3, 0.4) is 0 Å². The average Bonchev–Trinajstić information content (AvgIpc) is 3.63. The van der Waals surface area contributed by atoms with Crippen LogP contribution in [0.5, 0.6) is 0 Å². The fraction of sp³-hybridized carbons (Fsp3) is 0.424. The Morgan fingerprint density at radius 3 is 2.56 bits per heavy atom. The SMILES string of the molecule is COCCN1CCC(N2CCC(n3nc(-c4ccc5[nH]c(Cc6ccccc6F)cc5c4)c4c(N)ncnc43)CC2)CC1. The third-order valence-electron chi connectivity index (χ3n) is 9.34. The van der Waals surface area contributed by atoms with Gasteiger partial charge in [0.2, 0.25) is 0 Å². The van der Waals surface area contributed by atoms with Crippen molar-refractivity contribution in [2.75, 3.05) is 52.2 Å². The molecule has 7 rings (SSSR count). The summed E-state index contributed by atoms with van der Waals surface area (Å²) in [5.74, 6) is 0.252. The molecule has 0 saturated carbocycles. The number of nitrogens with two attached hydrogens (primary N) is 1. The number of hydrogen-bond donors (Lipinski definition) is 2. The molecule has 0 amide bonds. The highest BCUT2D eigenvalue weighted by molar-refractivity contribution is 6.00. The van der Waals surface area contributed by atoms with Gasteiger partial charge in [-0.25, -0.2) is 19.0 Å². The zero-order valence-electron chi connectivity index (χ0n) is 24.7. The molecule has 0 spiro atoms. The van der Waals surface area contributed by atoms with E-state index in [-0.39, 0.29) is 11.9 Å². The number of piperidine rings is 2. The van der Waals surface area contributed by atoms with E-state index < -0.39 is 0 Å². The molecule has 3 aromatic heterocycles. The molecule has 2 saturated heterocycles. The molecule has 224 valence electrons. The number of anilines is 1. The van der Waals surface area contributed by atoms with Gasteiger partial charge in [0, 0.05) is 61.4 Å². The van der Waals surface area contributed by atoms with Gasteiger partial charge in [0.1, 0.15) is 23.7 Å². The molecule has 2 aromatic carbocycles. The summed E-state index contributed by atoms with van der Waals surface area (Å²) >= 11 is 0. The summed E-state index contributed by atoms with van der Waals surface area (Å²) in [7, 11) is 1.77. The van der Waals surface area contributed by atoms with Gasteiger partial charge < -0.3 is 25.3 Å². The van der Waals surface area contributed by atoms with E-state index in [0.717, 1.165) is 91.1 Å². The smallest absolute Gasteiger partial charge is 0.164 e. The van der Waals surface area contributed by atoms with E-state index in [4.69, 9.17) is 15.6 Å². The van der Waals surface area contributed by atoms with Gasteiger partial charge in [0.05, 0.1) is 18.0 Å². The van der Waals surface area contributed by atoms with Crippen molar-refractivity contribution in [1.82, 2.24) is 34.5 Å². The zero-order valence-corrected chi connectivity index (χ0v) is 24.7. The van der Waals surface area contributed by atoms with Crippen molar-refractivity contribution in [1.29, 1.82) is 0 Å². The number of hydrogen-bond acceptors (Lipinski definition) is 7. The van der Waals surface area contributed by atoms with Crippen LogP contribution in [0.15, 0.2) is 54.9 Å². The van der Waals surface area contributed by atoms with Crippen LogP contribution in [0, 0.1) is 5.82 Å². The van der Waals surface area contributed by atoms with Crippen LogP contribution in [-0.4, -0.2) is 87.0 Å². The van der Waals surface area contributed by atoms with Gasteiger partial charge in [0.15, 0.2) is 5.65 Å². The van der Waals surface area contributed by atoms with Gasteiger partial charge in [-0.05, 0) is 68.6 Å². The molecule has 9 nitrogen and oxygen atoms in total. The first-order valence-electron chi connectivity index (χ1n) is 15.4. The second-order valence-electron chi connectivity index (χ2n) is 11.9. The summed E-state index contributed by atoms with van der Waals surface area (Å²) < 4.78 is 21.6. The number of benzene rings is 2. The Bertz CT molecular complexity index is 1720.